The van der Waals surface area contributed by atoms with Crippen molar-refractivity contribution in [2.24, 2.45) is 0 Å². The van der Waals surface area contributed by atoms with Gasteiger partial charge < -0.3 is 0 Å². The highest BCUT2D eigenvalue weighted by molar-refractivity contribution is 7.17. The van der Waals surface area contributed by atoms with Crippen LogP contribution in [0.5, 0.6) is 0 Å². The maximum atomic E-state index is 2.64. The Labute approximate surface area is 428 Å². The van der Waals surface area contributed by atoms with E-state index in [0.717, 1.165) is 44.9 Å². The molecule has 0 spiro atoms. The second-order valence-electron chi connectivity index (χ2n) is 19.7. The van der Waals surface area contributed by atoms with Crippen molar-refractivity contribution in [2.75, 3.05) is 0 Å². The van der Waals surface area contributed by atoms with Crippen molar-refractivity contribution in [1.29, 1.82) is 0 Å². The number of rotatable bonds is 17. The number of hydrogen-bond donors (Lipinski definition) is 0. The first-order valence-corrected chi connectivity index (χ1v) is 27.7. The summed E-state index contributed by atoms with van der Waals surface area (Å²) < 4.78 is 0. The summed E-state index contributed by atoms with van der Waals surface area (Å²) in [4.78, 5) is 0. The van der Waals surface area contributed by atoms with Crippen molar-refractivity contribution in [2.45, 2.75) is 44.9 Å². The summed E-state index contributed by atoms with van der Waals surface area (Å²) in [7, 11) is -3.34. The molecule has 11 rings (SSSR count). The fourth-order valence-corrected chi connectivity index (χ4v) is 16.7. The Morgan fingerprint density at radius 1 is 0.236 bits per heavy atom. The Morgan fingerprint density at radius 3 is 0.722 bits per heavy atom. The molecule has 0 radical (unpaired) electrons. The molecule has 0 amide bonds. The minimum absolute atomic E-state index is 0.849. The lowest BCUT2D eigenvalue weighted by Crippen LogP contribution is -2.69. The van der Waals surface area contributed by atoms with E-state index in [9.17, 15) is 0 Å². The molecule has 0 heterocycles. The van der Waals surface area contributed by atoms with Crippen LogP contribution in [-0.2, 0) is 38.5 Å². The van der Waals surface area contributed by atoms with E-state index in [1.165, 1.54) is 98.7 Å². The molecule has 0 fully saturated rings. The molecule has 0 saturated heterocycles. The molecule has 0 aliphatic heterocycles. The van der Waals surface area contributed by atoms with Gasteiger partial charge in [0, 0.05) is 0 Å². The van der Waals surface area contributed by atoms with E-state index in [-0.39, 0.29) is 0 Å². The molecule has 10 aromatic rings. The Morgan fingerprint density at radius 2 is 0.472 bits per heavy atom. The second-order valence-corrected chi connectivity index (χ2v) is 23.4. The topological polar surface area (TPSA) is 0 Å². The zero-order valence-corrected chi connectivity index (χ0v) is 42.0. The summed E-state index contributed by atoms with van der Waals surface area (Å²) in [5.74, 6) is 0. The first kappa shape index (κ1) is 46.3. The van der Waals surface area contributed by atoms with Crippen LogP contribution < -0.4 is 15.6 Å². The van der Waals surface area contributed by atoms with E-state index in [2.05, 4.69) is 279 Å². The van der Waals surface area contributed by atoms with Crippen LogP contribution >= 0.6 is 0 Å². The monoisotopic (exact) mass is 940 g/mol. The summed E-state index contributed by atoms with van der Waals surface area (Å²) in [6.07, 6.45) is 11.1. The van der Waals surface area contributed by atoms with Gasteiger partial charge in [0.1, 0.15) is 0 Å². The largest absolute Gasteiger partial charge is 0.179 e. The molecule has 0 bridgehead atoms. The smallest absolute Gasteiger partial charge is 0.0798 e. The van der Waals surface area contributed by atoms with Gasteiger partial charge in [0.15, 0.2) is 8.07 Å². The number of allylic oxidation sites excluding steroid dienone is 4. The molecule has 0 atom stereocenters. The molecular weight excluding hydrogens is 881 g/mol. The molecule has 1 heteroatoms. The van der Waals surface area contributed by atoms with E-state index in [1.54, 1.807) is 0 Å². The van der Waals surface area contributed by atoms with Gasteiger partial charge in [-0.2, -0.15) is 0 Å². The van der Waals surface area contributed by atoms with Gasteiger partial charge in [-0.1, -0.05) is 279 Å². The minimum atomic E-state index is -3.34. The van der Waals surface area contributed by atoms with Gasteiger partial charge in [0.2, 0.25) is 0 Å². The summed E-state index contributed by atoms with van der Waals surface area (Å²) in [5.41, 5.74) is 18.6. The summed E-state index contributed by atoms with van der Waals surface area (Å²) in [6.45, 7) is 0. The van der Waals surface area contributed by atoms with E-state index in [1.807, 2.05) is 0 Å². The average molecular weight is 941 g/mol. The molecule has 0 saturated carbocycles. The molecule has 0 N–H and O–H groups in total. The number of benzene rings is 10. The maximum Gasteiger partial charge on any atom is 0.179 e. The molecule has 0 aromatic heterocycles. The highest BCUT2D eigenvalue weighted by atomic mass is 28.3. The van der Waals surface area contributed by atoms with Crippen LogP contribution in [0.3, 0.4) is 0 Å². The Kier molecular flexibility index (Phi) is 14.1. The van der Waals surface area contributed by atoms with Crippen molar-refractivity contribution >= 4 is 29.2 Å². The first-order chi connectivity index (χ1) is 35.6. The van der Waals surface area contributed by atoms with Crippen LogP contribution in [0.4, 0.5) is 0 Å². The summed E-state index contributed by atoms with van der Waals surface area (Å²) >= 11 is 0. The third-order valence-electron chi connectivity index (χ3n) is 14.4. The van der Waals surface area contributed by atoms with Crippen molar-refractivity contribution in [1.82, 2.24) is 0 Å². The predicted octanol–water partition coefficient (Wildman–Crippen LogP) is 14.7. The van der Waals surface area contributed by atoms with Crippen molar-refractivity contribution in [3.8, 4) is 0 Å². The summed E-state index contributed by atoms with van der Waals surface area (Å²) in [5, 5.41) is 5.77. The van der Waals surface area contributed by atoms with Gasteiger partial charge in [0.05, 0.1) is 0 Å². The van der Waals surface area contributed by atoms with Crippen molar-refractivity contribution in [3.05, 3.63) is 357 Å². The fraction of sp³-hybridized carbons (Fsp3) is 0.0986. The highest BCUT2D eigenvalue weighted by Gasteiger charge is 2.46. The van der Waals surface area contributed by atoms with Gasteiger partial charge in [-0.05, 0) is 144 Å². The molecular formula is C71H60Si. The molecule has 72 heavy (non-hydrogen) atoms. The van der Waals surface area contributed by atoms with Crippen LogP contribution in [0.25, 0.3) is 5.57 Å². The lowest BCUT2D eigenvalue weighted by atomic mass is 9.99. The standard InChI is InChI=1S/C71H60Si/c1-8-23-54(24-9-1)39-60-45-61(40-55-25-10-2-11-26-55)49-67(48-60)72(71-38-22-37-70(71)66-35-20-7-21-36-66,68-50-62(41-56-27-12-3-13-28-56)46-63(51-68)42-57-29-14-4-15-30-57)69-52-64(43-58-31-16-5-17-32-58)47-65(53-69)44-59-33-18-6-19-34-59/h1-21,23-38,45-53H,22,39-44H2. The third-order valence-corrected chi connectivity index (χ3v) is 19.1. The minimum Gasteiger partial charge on any atom is -0.0798 e. The van der Waals surface area contributed by atoms with Crippen LogP contribution in [0, 0.1) is 0 Å². The Balaban J connectivity index is 1.25. The second kappa shape index (κ2) is 21.9. The van der Waals surface area contributed by atoms with Gasteiger partial charge in [0.25, 0.3) is 0 Å². The van der Waals surface area contributed by atoms with Gasteiger partial charge >= 0.3 is 0 Å². The lowest BCUT2D eigenvalue weighted by molar-refractivity contribution is 1.14. The normalized spacial score (nSPS) is 12.3. The molecule has 0 nitrogen and oxygen atoms in total. The fourth-order valence-electron chi connectivity index (χ4n) is 11.3. The molecule has 10 aromatic carbocycles. The van der Waals surface area contributed by atoms with Crippen molar-refractivity contribution < 1.29 is 0 Å². The van der Waals surface area contributed by atoms with Crippen LogP contribution in [0.15, 0.2) is 284 Å². The first-order valence-electron chi connectivity index (χ1n) is 25.7. The zero-order chi connectivity index (χ0) is 48.4. The Hall–Kier alpha value is -8.10. The van der Waals surface area contributed by atoms with Crippen LogP contribution in [-0.4, -0.2) is 8.07 Å². The van der Waals surface area contributed by atoms with E-state index in [0.29, 0.717) is 0 Å². The van der Waals surface area contributed by atoms with Gasteiger partial charge in [-0.3, -0.25) is 0 Å². The average Bonchev–Trinajstić information content (AvgIpc) is 3.91. The third kappa shape index (κ3) is 10.8. The lowest BCUT2D eigenvalue weighted by Gasteiger charge is -2.38. The molecule has 0 unspecified atom stereocenters. The Bertz CT molecular complexity index is 2940. The van der Waals surface area contributed by atoms with E-state index >= 15 is 0 Å². The highest BCUT2D eigenvalue weighted by Crippen LogP contribution is 2.37. The SMILES string of the molecule is C1=C(c2ccccc2)C([Si](c2cc(Cc3ccccc3)cc(Cc3ccccc3)c2)(c2cc(Cc3ccccc3)cc(Cc3ccccc3)c2)c2cc(Cc3ccccc3)cc(Cc3ccccc3)c2)=CC1. The quantitative estimate of drug-likeness (QED) is 0.0630. The zero-order valence-electron chi connectivity index (χ0n) is 41.0. The molecule has 348 valence electrons. The van der Waals surface area contributed by atoms with Gasteiger partial charge in [-0.25, -0.2) is 0 Å². The van der Waals surface area contributed by atoms with Gasteiger partial charge in [-0.15, -0.1) is 0 Å². The molecule has 1 aliphatic rings. The van der Waals surface area contributed by atoms with E-state index in [4.69, 9.17) is 0 Å². The maximum absolute atomic E-state index is 3.34. The number of hydrogen-bond acceptors (Lipinski definition) is 0. The predicted molar refractivity (Wildman–Crippen MR) is 307 cm³/mol. The molecule has 1 aliphatic carbocycles. The summed E-state index contributed by atoms with van der Waals surface area (Å²) in [6, 6.07) is 101. The van der Waals surface area contributed by atoms with E-state index < -0.39 is 8.07 Å². The van der Waals surface area contributed by atoms with Crippen LogP contribution in [0.2, 0.25) is 0 Å². The van der Waals surface area contributed by atoms with Crippen molar-refractivity contribution in [3.63, 3.8) is 0 Å². The van der Waals surface area contributed by atoms with Crippen LogP contribution in [0.1, 0.15) is 78.7 Å².